The molecule has 2 rings (SSSR count). The Morgan fingerprint density at radius 1 is 1.50 bits per heavy atom. The molecule has 1 atom stereocenters. The molecule has 0 saturated carbocycles. The van der Waals surface area contributed by atoms with Crippen LogP contribution in [0, 0.1) is 12.8 Å². The Morgan fingerprint density at radius 3 is 3.00 bits per heavy atom. The molecule has 0 spiro atoms. The molecule has 1 fully saturated rings. The molecule has 1 aliphatic heterocycles. The Bertz CT molecular complexity index is 346. The highest BCUT2D eigenvalue weighted by Gasteiger charge is 2.27. The molecular weight excluding hydrogens is 196 g/mol. The van der Waals surface area contributed by atoms with Gasteiger partial charge in [-0.1, -0.05) is 13.8 Å². The molecule has 0 bridgehead atoms. The van der Waals surface area contributed by atoms with Crippen LogP contribution in [0.4, 0.5) is 0 Å². The summed E-state index contributed by atoms with van der Waals surface area (Å²) in [5, 5.41) is 0. The second-order valence-electron chi connectivity index (χ2n) is 5.28. The number of nitrogens with zero attached hydrogens (tertiary/aromatic N) is 2. The van der Waals surface area contributed by atoms with Gasteiger partial charge in [-0.2, -0.15) is 0 Å². The van der Waals surface area contributed by atoms with Crippen molar-refractivity contribution >= 4 is 0 Å². The maximum Gasteiger partial charge on any atom is 0.0352 e. The van der Waals surface area contributed by atoms with Crippen molar-refractivity contribution in [2.45, 2.75) is 39.7 Å². The molecule has 0 unspecified atom stereocenters. The highest BCUT2D eigenvalue weighted by Crippen LogP contribution is 2.33. The van der Waals surface area contributed by atoms with Crippen LogP contribution in [0.2, 0.25) is 0 Å². The molecule has 0 aromatic carbocycles. The lowest BCUT2D eigenvalue weighted by Gasteiger charge is -2.27. The predicted molar refractivity (Wildman–Crippen MR) is 67.4 cm³/mol. The number of aromatic nitrogens is 1. The lowest BCUT2D eigenvalue weighted by molar-refractivity contribution is 0.228. The van der Waals surface area contributed by atoms with Crippen molar-refractivity contribution < 1.29 is 0 Å². The number of rotatable bonds is 3. The summed E-state index contributed by atoms with van der Waals surface area (Å²) in [4.78, 5) is 6.82. The summed E-state index contributed by atoms with van der Waals surface area (Å²) in [6.45, 7) is 9.24. The van der Waals surface area contributed by atoms with Crippen molar-refractivity contribution in [3.63, 3.8) is 0 Å². The summed E-state index contributed by atoms with van der Waals surface area (Å²) in [5.74, 6) is 0.753. The molecule has 2 heteroatoms. The summed E-state index contributed by atoms with van der Waals surface area (Å²) in [6, 6.07) is 2.82. The van der Waals surface area contributed by atoms with Crippen molar-refractivity contribution in [3.8, 4) is 0 Å². The Morgan fingerprint density at radius 2 is 2.31 bits per heavy atom. The van der Waals surface area contributed by atoms with Gasteiger partial charge in [-0.3, -0.25) is 9.88 Å². The van der Waals surface area contributed by atoms with Crippen molar-refractivity contribution in [2.75, 3.05) is 13.1 Å². The second kappa shape index (κ2) is 4.96. The topological polar surface area (TPSA) is 16.1 Å². The summed E-state index contributed by atoms with van der Waals surface area (Å²) >= 11 is 0. The summed E-state index contributed by atoms with van der Waals surface area (Å²) in [7, 11) is 0. The molecule has 0 radical (unpaired) electrons. The number of hydrogen-bond donors (Lipinski definition) is 0. The molecule has 1 aromatic heterocycles. The fraction of sp³-hybridized carbons (Fsp3) is 0.643. The smallest absolute Gasteiger partial charge is 0.0352 e. The minimum absolute atomic E-state index is 0.630. The Kier molecular flexibility index (Phi) is 3.59. The van der Waals surface area contributed by atoms with E-state index in [2.05, 4.69) is 36.7 Å². The van der Waals surface area contributed by atoms with E-state index in [0.717, 1.165) is 5.92 Å². The standard InChI is InChI=1S/C14H22N2/c1-11(2)10-16-8-4-5-14(16)13-6-7-15-9-12(13)3/h6-7,9,11,14H,4-5,8,10H2,1-3H3/t14-/m1/s1. The van der Waals surface area contributed by atoms with Crippen LogP contribution >= 0.6 is 0 Å². The van der Waals surface area contributed by atoms with Crippen molar-refractivity contribution in [1.29, 1.82) is 0 Å². The van der Waals surface area contributed by atoms with Crippen LogP contribution in [0.1, 0.15) is 43.9 Å². The van der Waals surface area contributed by atoms with E-state index in [-0.39, 0.29) is 0 Å². The van der Waals surface area contributed by atoms with Crippen LogP contribution in [-0.2, 0) is 0 Å². The van der Waals surface area contributed by atoms with E-state index < -0.39 is 0 Å². The van der Waals surface area contributed by atoms with E-state index in [1.807, 2.05) is 12.4 Å². The summed E-state index contributed by atoms with van der Waals surface area (Å²) < 4.78 is 0. The third-order valence-electron chi connectivity index (χ3n) is 3.39. The first-order chi connectivity index (χ1) is 7.68. The quantitative estimate of drug-likeness (QED) is 0.774. The third-order valence-corrected chi connectivity index (χ3v) is 3.39. The molecule has 0 amide bonds. The van der Waals surface area contributed by atoms with Gasteiger partial charge in [-0.05, 0) is 49.4 Å². The summed E-state index contributed by atoms with van der Waals surface area (Å²) in [5.41, 5.74) is 2.82. The average Bonchev–Trinajstić information content (AvgIpc) is 2.66. The zero-order chi connectivity index (χ0) is 11.5. The van der Waals surface area contributed by atoms with E-state index in [1.54, 1.807) is 0 Å². The normalized spacial score (nSPS) is 21.9. The maximum absolute atomic E-state index is 4.18. The van der Waals surface area contributed by atoms with Gasteiger partial charge >= 0.3 is 0 Å². The molecule has 2 heterocycles. The highest BCUT2D eigenvalue weighted by molar-refractivity contribution is 5.26. The van der Waals surface area contributed by atoms with E-state index >= 15 is 0 Å². The van der Waals surface area contributed by atoms with Crippen LogP contribution in [0.3, 0.4) is 0 Å². The van der Waals surface area contributed by atoms with Crippen molar-refractivity contribution in [1.82, 2.24) is 9.88 Å². The first kappa shape index (κ1) is 11.6. The van der Waals surface area contributed by atoms with Gasteiger partial charge in [0, 0.05) is 25.0 Å². The Balaban J connectivity index is 2.17. The van der Waals surface area contributed by atoms with Crippen LogP contribution in [0.5, 0.6) is 0 Å². The van der Waals surface area contributed by atoms with Gasteiger partial charge in [0.1, 0.15) is 0 Å². The number of pyridine rings is 1. The van der Waals surface area contributed by atoms with Gasteiger partial charge in [0.25, 0.3) is 0 Å². The van der Waals surface area contributed by atoms with Gasteiger partial charge in [0.15, 0.2) is 0 Å². The zero-order valence-corrected chi connectivity index (χ0v) is 10.6. The molecule has 1 aromatic rings. The molecule has 1 saturated heterocycles. The average molecular weight is 218 g/mol. The van der Waals surface area contributed by atoms with Crippen molar-refractivity contribution in [3.05, 3.63) is 29.6 Å². The van der Waals surface area contributed by atoms with Crippen LogP contribution in [0.25, 0.3) is 0 Å². The third kappa shape index (κ3) is 2.43. The van der Waals surface area contributed by atoms with Gasteiger partial charge < -0.3 is 0 Å². The minimum atomic E-state index is 0.630. The number of likely N-dealkylation sites (tertiary alicyclic amines) is 1. The molecule has 0 aliphatic carbocycles. The molecular formula is C14H22N2. The van der Waals surface area contributed by atoms with Crippen molar-refractivity contribution in [2.24, 2.45) is 5.92 Å². The fourth-order valence-corrected chi connectivity index (χ4v) is 2.72. The van der Waals surface area contributed by atoms with E-state index in [4.69, 9.17) is 0 Å². The van der Waals surface area contributed by atoms with Gasteiger partial charge in [0.05, 0.1) is 0 Å². The van der Waals surface area contributed by atoms with Crippen LogP contribution < -0.4 is 0 Å². The zero-order valence-electron chi connectivity index (χ0n) is 10.6. The molecule has 88 valence electrons. The minimum Gasteiger partial charge on any atom is -0.296 e. The lowest BCUT2D eigenvalue weighted by atomic mass is 10.0. The van der Waals surface area contributed by atoms with Crippen LogP contribution in [-0.4, -0.2) is 23.0 Å². The largest absolute Gasteiger partial charge is 0.296 e. The van der Waals surface area contributed by atoms with E-state index in [1.165, 1.54) is 37.1 Å². The fourth-order valence-electron chi connectivity index (χ4n) is 2.72. The van der Waals surface area contributed by atoms with Gasteiger partial charge in [-0.15, -0.1) is 0 Å². The number of hydrogen-bond acceptors (Lipinski definition) is 2. The van der Waals surface area contributed by atoms with Crippen LogP contribution in [0.15, 0.2) is 18.5 Å². The van der Waals surface area contributed by atoms with E-state index in [0.29, 0.717) is 6.04 Å². The molecule has 0 N–H and O–H groups in total. The van der Waals surface area contributed by atoms with E-state index in [9.17, 15) is 0 Å². The molecule has 16 heavy (non-hydrogen) atoms. The number of aryl methyl sites for hydroxylation is 1. The monoisotopic (exact) mass is 218 g/mol. The Labute approximate surface area is 98.7 Å². The second-order valence-corrected chi connectivity index (χ2v) is 5.28. The molecule has 1 aliphatic rings. The highest BCUT2D eigenvalue weighted by atomic mass is 15.2. The summed E-state index contributed by atoms with van der Waals surface area (Å²) in [6.07, 6.45) is 6.55. The predicted octanol–water partition coefficient (Wildman–Crippen LogP) is 3.18. The molecule has 2 nitrogen and oxygen atoms in total. The first-order valence-electron chi connectivity index (χ1n) is 6.33. The SMILES string of the molecule is Cc1cnccc1[C@H]1CCCN1CC(C)C. The first-order valence-corrected chi connectivity index (χ1v) is 6.33. The maximum atomic E-state index is 4.18. The van der Waals surface area contributed by atoms with Gasteiger partial charge in [0.2, 0.25) is 0 Å². The Hall–Kier alpha value is -0.890. The lowest BCUT2D eigenvalue weighted by Crippen LogP contribution is -2.27. The van der Waals surface area contributed by atoms with Gasteiger partial charge in [-0.25, -0.2) is 0 Å².